The zero-order chi connectivity index (χ0) is 15.2. The highest BCUT2D eigenvalue weighted by Crippen LogP contribution is 2.13. The van der Waals surface area contributed by atoms with Gasteiger partial charge in [0.1, 0.15) is 5.69 Å². The van der Waals surface area contributed by atoms with Gasteiger partial charge < -0.3 is 15.0 Å². The van der Waals surface area contributed by atoms with Gasteiger partial charge >= 0.3 is 6.09 Å². The molecule has 1 saturated heterocycles. The van der Waals surface area contributed by atoms with Gasteiger partial charge in [0.15, 0.2) is 0 Å². The fraction of sp³-hybridized carbons (Fsp3) is 0.500. The number of piperidine rings is 1. The predicted molar refractivity (Wildman–Crippen MR) is 73.3 cm³/mol. The summed E-state index contributed by atoms with van der Waals surface area (Å²) in [6.07, 6.45) is 1.05. The monoisotopic (exact) mass is 295 g/mol. The van der Waals surface area contributed by atoms with Crippen molar-refractivity contribution in [3.63, 3.8) is 0 Å². The third-order valence-electron chi connectivity index (χ3n) is 3.24. The van der Waals surface area contributed by atoms with Gasteiger partial charge in [0.2, 0.25) is 5.95 Å². The molecule has 2 rings (SSSR count). The smallest absolute Gasteiger partial charge is 0.407 e. The Hall–Kier alpha value is -2.18. The Morgan fingerprint density at radius 1 is 1.52 bits per heavy atom. The number of likely N-dealkylation sites (tertiary alicyclic amines) is 1. The topological polar surface area (TPSA) is 71.5 Å². The van der Waals surface area contributed by atoms with E-state index in [9.17, 15) is 14.0 Å². The maximum Gasteiger partial charge on any atom is 0.407 e. The van der Waals surface area contributed by atoms with Gasteiger partial charge in [-0.25, -0.2) is 9.78 Å². The van der Waals surface area contributed by atoms with Crippen molar-refractivity contribution in [2.75, 3.05) is 19.7 Å². The Bertz CT molecular complexity index is 524. The Kier molecular flexibility index (Phi) is 5.08. The van der Waals surface area contributed by atoms with Gasteiger partial charge in [-0.3, -0.25) is 4.79 Å². The lowest BCUT2D eigenvalue weighted by atomic mass is 10.1. The zero-order valence-electron chi connectivity index (χ0n) is 11.8. The molecule has 1 aliphatic rings. The predicted octanol–water partition coefficient (Wildman–Crippen LogP) is 1.57. The molecule has 2 heterocycles. The number of alkyl carbamates (subject to hydrolysis) is 1. The van der Waals surface area contributed by atoms with Crippen LogP contribution in [0.4, 0.5) is 9.18 Å². The molecule has 114 valence electrons. The lowest BCUT2D eigenvalue weighted by Crippen LogP contribution is -2.49. The molecular weight excluding hydrogens is 277 g/mol. The number of aromatic nitrogens is 1. The van der Waals surface area contributed by atoms with Crippen molar-refractivity contribution in [3.05, 3.63) is 29.8 Å². The Labute approximate surface area is 122 Å². The van der Waals surface area contributed by atoms with Crippen molar-refractivity contribution in [1.82, 2.24) is 15.2 Å². The van der Waals surface area contributed by atoms with Crippen LogP contribution in [0.25, 0.3) is 0 Å². The van der Waals surface area contributed by atoms with Crippen LogP contribution in [-0.2, 0) is 4.74 Å². The SMILES string of the molecule is CCOC(=O)NC1CCCN(C(=O)c2cccc(F)n2)C1. The Balaban J connectivity index is 1.97. The van der Waals surface area contributed by atoms with Crippen molar-refractivity contribution in [2.24, 2.45) is 0 Å². The van der Waals surface area contributed by atoms with Gasteiger partial charge in [-0.1, -0.05) is 6.07 Å². The van der Waals surface area contributed by atoms with Crippen LogP contribution in [0.2, 0.25) is 0 Å². The average molecular weight is 295 g/mol. The lowest BCUT2D eigenvalue weighted by molar-refractivity contribution is 0.0679. The maximum absolute atomic E-state index is 13.1. The number of hydrogen-bond acceptors (Lipinski definition) is 4. The summed E-state index contributed by atoms with van der Waals surface area (Å²) in [5, 5.41) is 2.72. The molecule has 0 aromatic carbocycles. The molecule has 1 N–H and O–H groups in total. The van der Waals surface area contributed by atoms with Crippen LogP contribution in [-0.4, -0.2) is 47.6 Å². The van der Waals surface area contributed by atoms with E-state index in [1.807, 2.05) is 0 Å². The second-order valence-corrected chi connectivity index (χ2v) is 4.80. The number of pyridine rings is 1. The molecule has 0 saturated carbocycles. The third kappa shape index (κ3) is 4.14. The first-order valence-corrected chi connectivity index (χ1v) is 6.95. The molecule has 1 unspecified atom stereocenters. The van der Waals surface area contributed by atoms with Crippen LogP contribution in [0.1, 0.15) is 30.3 Å². The molecule has 21 heavy (non-hydrogen) atoms. The summed E-state index contributed by atoms with van der Waals surface area (Å²) >= 11 is 0. The average Bonchev–Trinajstić information content (AvgIpc) is 2.47. The van der Waals surface area contributed by atoms with E-state index >= 15 is 0 Å². The molecule has 2 amide bonds. The molecule has 6 nitrogen and oxygen atoms in total. The van der Waals surface area contributed by atoms with Crippen LogP contribution >= 0.6 is 0 Å². The van der Waals surface area contributed by atoms with E-state index in [0.717, 1.165) is 12.8 Å². The number of ether oxygens (including phenoxy) is 1. The van der Waals surface area contributed by atoms with Crippen molar-refractivity contribution in [1.29, 1.82) is 0 Å². The zero-order valence-corrected chi connectivity index (χ0v) is 11.8. The minimum Gasteiger partial charge on any atom is -0.450 e. The van der Waals surface area contributed by atoms with Crippen LogP contribution in [0.15, 0.2) is 18.2 Å². The Morgan fingerprint density at radius 3 is 3.05 bits per heavy atom. The van der Waals surface area contributed by atoms with Crippen LogP contribution in [0.3, 0.4) is 0 Å². The fourth-order valence-corrected chi connectivity index (χ4v) is 2.31. The van der Waals surface area contributed by atoms with Crippen LogP contribution < -0.4 is 5.32 Å². The van der Waals surface area contributed by atoms with Gasteiger partial charge in [-0.2, -0.15) is 4.39 Å². The molecule has 1 aromatic heterocycles. The Morgan fingerprint density at radius 2 is 2.33 bits per heavy atom. The molecule has 1 fully saturated rings. The van der Waals surface area contributed by atoms with Gasteiger partial charge in [0, 0.05) is 19.1 Å². The van der Waals surface area contributed by atoms with E-state index in [1.54, 1.807) is 11.8 Å². The van der Waals surface area contributed by atoms with Crippen molar-refractivity contribution < 1.29 is 18.7 Å². The van der Waals surface area contributed by atoms with Crippen LogP contribution in [0.5, 0.6) is 0 Å². The second-order valence-electron chi connectivity index (χ2n) is 4.80. The number of nitrogens with zero attached hydrogens (tertiary/aromatic N) is 2. The number of amides is 2. The number of rotatable bonds is 3. The van der Waals surface area contributed by atoms with Gasteiger partial charge in [0.25, 0.3) is 5.91 Å². The van der Waals surface area contributed by atoms with Crippen molar-refractivity contribution in [2.45, 2.75) is 25.8 Å². The fourth-order valence-electron chi connectivity index (χ4n) is 2.31. The summed E-state index contributed by atoms with van der Waals surface area (Å²) < 4.78 is 17.9. The van der Waals surface area contributed by atoms with Gasteiger partial charge in [-0.05, 0) is 31.9 Å². The van der Waals surface area contributed by atoms with E-state index in [-0.39, 0.29) is 17.6 Å². The molecule has 0 bridgehead atoms. The number of carbonyl (C=O) groups is 2. The van der Waals surface area contributed by atoms with Crippen LogP contribution in [0, 0.1) is 5.95 Å². The van der Waals surface area contributed by atoms with E-state index in [1.165, 1.54) is 18.2 Å². The minimum atomic E-state index is -0.681. The minimum absolute atomic E-state index is 0.0757. The molecule has 0 aliphatic carbocycles. The first-order chi connectivity index (χ1) is 10.1. The molecule has 0 radical (unpaired) electrons. The molecule has 1 aliphatic heterocycles. The first-order valence-electron chi connectivity index (χ1n) is 6.95. The van der Waals surface area contributed by atoms with E-state index in [4.69, 9.17) is 4.74 Å². The van der Waals surface area contributed by atoms with Gasteiger partial charge in [0.05, 0.1) is 6.61 Å². The molecule has 0 spiro atoms. The van der Waals surface area contributed by atoms with E-state index < -0.39 is 12.0 Å². The molecule has 1 atom stereocenters. The molecule has 7 heteroatoms. The lowest BCUT2D eigenvalue weighted by Gasteiger charge is -2.32. The first kappa shape index (κ1) is 15.2. The number of carbonyl (C=O) groups excluding carboxylic acids is 2. The maximum atomic E-state index is 13.1. The molecular formula is C14H18FN3O3. The molecule has 1 aromatic rings. The third-order valence-corrected chi connectivity index (χ3v) is 3.24. The summed E-state index contributed by atoms with van der Waals surface area (Å²) in [7, 11) is 0. The van der Waals surface area contributed by atoms with Crippen molar-refractivity contribution in [3.8, 4) is 0 Å². The number of hydrogen-bond donors (Lipinski definition) is 1. The summed E-state index contributed by atoms with van der Waals surface area (Å²) in [6, 6.07) is 3.97. The highest BCUT2D eigenvalue weighted by Gasteiger charge is 2.26. The highest BCUT2D eigenvalue weighted by molar-refractivity contribution is 5.92. The van der Waals surface area contributed by atoms with E-state index in [0.29, 0.717) is 19.7 Å². The largest absolute Gasteiger partial charge is 0.450 e. The van der Waals surface area contributed by atoms with Gasteiger partial charge in [-0.15, -0.1) is 0 Å². The number of nitrogens with one attached hydrogen (secondary N) is 1. The van der Waals surface area contributed by atoms with E-state index in [2.05, 4.69) is 10.3 Å². The second kappa shape index (κ2) is 7.01. The standard InChI is InChI=1S/C14H18FN3O3/c1-2-21-14(20)16-10-5-4-8-18(9-10)13(19)11-6-3-7-12(15)17-11/h3,6-7,10H,2,4-5,8-9H2,1H3,(H,16,20). The highest BCUT2D eigenvalue weighted by atomic mass is 19.1. The normalized spacial score (nSPS) is 18.2. The quantitative estimate of drug-likeness (QED) is 0.859. The summed E-state index contributed by atoms with van der Waals surface area (Å²) in [5.74, 6) is -1.01. The summed E-state index contributed by atoms with van der Waals surface area (Å²) in [4.78, 5) is 28.8. The summed E-state index contributed by atoms with van der Waals surface area (Å²) in [6.45, 7) is 2.97. The van der Waals surface area contributed by atoms with Crippen molar-refractivity contribution >= 4 is 12.0 Å². The summed E-state index contributed by atoms with van der Waals surface area (Å²) in [5.41, 5.74) is 0.0757. The number of halogens is 1.